The molecule has 0 unspecified atom stereocenters. The van der Waals surface area contributed by atoms with Gasteiger partial charge in [-0.15, -0.1) is 0 Å². The highest BCUT2D eigenvalue weighted by Gasteiger charge is 2.19. The highest BCUT2D eigenvalue weighted by molar-refractivity contribution is 6.30. The van der Waals surface area contributed by atoms with E-state index >= 15 is 0 Å². The van der Waals surface area contributed by atoms with Gasteiger partial charge in [0.25, 0.3) is 5.91 Å². The minimum absolute atomic E-state index is 0.283. The van der Waals surface area contributed by atoms with Gasteiger partial charge in [0.1, 0.15) is 0 Å². The number of hydrogen-bond donors (Lipinski definition) is 3. The average molecular weight is 436 g/mol. The Balaban J connectivity index is 1.96. The molecule has 0 aromatic heterocycles. The Bertz CT molecular complexity index is 1060. The Morgan fingerprint density at radius 1 is 0.742 bits per heavy atom. The summed E-state index contributed by atoms with van der Waals surface area (Å²) in [7, 11) is 0. The van der Waals surface area contributed by atoms with E-state index in [0.29, 0.717) is 22.0 Å². The van der Waals surface area contributed by atoms with Crippen LogP contribution in [-0.4, -0.2) is 17.7 Å². The van der Waals surface area contributed by atoms with Crippen molar-refractivity contribution in [2.24, 2.45) is 0 Å². The standard InChI is InChI=1S/C24H22ClN3O3/c1-15(29)26-21-12-19(13-22(14-21)27-16(2)30)24(31)28-23(17-6-4-3-5-7-17)18-8-10-20(25)11-9-18/h3-14,23H,1-2H3,(H,26,29)(H,27,30)(H,28,31)/t23-/m0/s1. The molecule has 0 aliphatic rings. The van der Waals surface area contributed by atoms with Crippen LogP contribution in [-0.2, 0) is 9.59 Å². The summed E-state index contributed by atoms with van der Waals surface area (Å²) in [5.41, 5.74) is 2.88. The number of rotatable bonds is 6. The van der Waals surface area contributed by atoms with E-state index in [1.165, 1.54) is 13.8 Å². The Kier molecular flexibility index (Phi) is 7.05. The number of carbonyl (C=O) groups excluding carboxylic acids is 3. The van der Waals surface area contributed by atoms with Gasteiger partial charge in [0.2, 0.25) is 11.8 Å². The van der Waals surface area contributed by atoms with Crippen LogP contribution in [0.3, 0.4) is 0 Å². The lowest BCUT2D eigenvalue weighted by Gasteiger charge is -2.20. The summed E-state index contributed by atoms with van der Waals surface area (Å²) >= 11 is 6.03. The van der Waals surface area contributed by atoms with Crippen LogP contribution in [0.1, 0.15) is 41.4 Å². The lowest BCUT2D eigenvalue weighted by Crippen LogP contribution is -2.29. The first-order chi connectivity index (χ1) is 14.8. The lowest BCUT2D eigenvalue weighted by molar-refractivity contribution is -0.115. The molecule has 0 aliphatic carbocycles. The van der Waals surface area contributed by atoms with E-state index in [1.807, 2.05) is 42.5 Å². The van der Waals surface area contributed by atoms with Crippen molar-refractivity contribution in [1.82, 2.24) is 5.32 Å². The van der Waals surface area contributed by atoms with Gasteiger partial charge in [-0.25, -0.2) is 0 Å². The fourth-order valence-corrected chi connectivity index (χ4v) is 3.31. The summed E-state index contributed by atoms with van der Waals surface area (Å²) in [4.78, 5) is 36.2. The molecule has 3 aromatic rings. The largest absolute Gasteiger partial charge is 0.341 e. The van der Waals surface area contributed by atoms with Gasteiger partial charge >= 0.3 is 0 Å². The molecule has 3 N–H and O–H groups in total. The van der Waals surface area contributed by atoms with Crippen LogP contribution in [0.5, 0.6) is 0 Å². The minimum atomic E-state index is -0.417. The van der Waals surface area contributed by atoms with Gasteiger partial charge in [-0.2, -0.15) is 0 Å². The zero-order chi connectivity index (χ0) is 22.4. The van der Waals surface area contributed by atoms with E-state index in [4.69, 9.17) is 11.6 Å². The van der Waals surface area contributed by atoms with Crippen molar-refractivity contribution in [3.63, 3.8) is 0 Å². The summed E-state index contributed by atoms with van der Waals surface area (Å²) in [6.45, 7) is 2.74. The molecule has 1 atom stereocenters. The molecule has 7 heteroatoms. The summed E-state index contributed by atoms with van der Waals surface area (Å²) in [5.74, 6) is -0.924. The molecule has 158 valence electrons. The zero-order valence-electron chi connectivity index (χ0n) is 17.1. The van der Waals surface area contributed by atoms with Crippen LogP contribution in [0, 0.1) is 0 Å². The van der Waals surface area contributed by atoms with Crippen LogP contribution >= 0.6 is 11.6 Å². The van der Waals surface area contributed by atoms with E-state index in [9.17, 15) is 14.4 Å². The van der Waals surface area contributed by atoms with E-state index in [-0.39, 0.29) is 17.7 Å². The molecule has 0 spiro atoms. The van der Waals surface area contributed by atoms with Crippen molar-refractivity contribution in [3.05, 3.63) is 94.5 Å². The predicted octanol–water partition coefficient (Wildman–Crippen LogP) is 4.78. The Morgan fingerprint density at radius 3 is 1.77 bits per heavy atom. The summed E-state index contributed by atoms with van der Waals surface area (Å²) in [6.07, 6.45) is 0. The number of amides is 3. The molecular formula is C24H22ClN3O3. The van der Waals surface area contributed by atoms with Crippen molar-refractivity contribution in [2.75, 3.05) is 10.6 Å². The van der Waals surface area contributed by atoms with Crippen LogP contribution in [0.25, 0.3) is 0 Å². The normalized spacial score (nSPS) is 11.3. The fraction of sp³-hybridized carbons (Fsp3) is 0.125. The predicted molar refractivity (Wildman–Crippen MR) is 122 cm³/mol. The first-order valence-corrected chi connectivity index (χ1v) is 10.0. The van der Waals surface area contributed by atoms with Crippen LogP contribution < -0.4 is 16.0 Å². The van der Waals surface area contributed by atoms with Crippen molar-refractivity contribution >= 4 is 40.7 Å². The molecule has 3 aromatic carbocycles. The minimum Gasteiger partial charge on any atom is -0.341 e. The van der Waals surface area contributed by atoms with Crippen LogP contribution in [0.15, 0.2) is 72.8 Å². The van der Waals surface area contributed by atoms with E-state index in [1.54, 1.807) is 30.3 Å². The van der Waals surface area contributed by atoms with Crippen LogP contribution in [0.4, 0.5) is 11.4 Å². The number of carbonyl (C=O) groups is 3. The monoisotopic (exact) mass is 435 g/mol. The molecule has 0 fully saturated rings. The van der Waals surface area contributed by atoms with Crippen molar-refractivity contribution < 1.29 is 14.4 Å². The molecular weight excluding hydrogens is 414 g/mol. The van der Waals surface area contributed by atoms with Gasteiger partial charge in [0, 0.05) is 35.8 Å². The number of benzene rings is 3. The Morgan fingerprint density at radius 2 is 1.26 bits per heavy atom. The number of nitrogens with one attached hydrogen (secondary N) is 3. The number of hydrogen-bond acceptors (Lipinski definition) is 3. The quantitative estimate of drug-likeness (QED) is 0.520. The van der Waals surface area contributed by atoms with Gasteiger partial charge in [-0.05, 0) is 41.5 Å². The number of anilines is 2. The second kappa shape index (κ2) is 9.91. The molecule has 0 bridgehead atoms. The fourth-order valence-electron chi connectivity index (χ4n) is 3.18. The summed E-state index contributed by atoms with van der Waals surface area (Å²) in [6, 6.07) is 21.1. The van der Waals surface area contributed by atoms with Gasteiger partial charge < -0.3 is 16.0 Å². The first kappa shape index (κ1) is 22.1. The van der Waals surface area contributed by atoms with Gasteiger partial charge in [0.05, 0.1) is 6.04 Å². The topological polar surface area (TPSA) is 87.3 Å². The maximum Gasteiger partial charge on any atom is 0.252 e. The van der Waals surface area contributed by atoms with Gasteiger partial charge in [-0.3, -0.25) is 14.4 Å². The Labute approximate surface area is 185 Å². The van der Waals surface area contributed by atoms with E-state index in [0.717, 1.165) is 11.1 Å². The Hall–Kier alpha value is -3.64. The molecule has 3 amide bonds. The summed E-state index contributed by atoms with van der Waals surface area (Å²) in [5, 5.41) is 8.94. The maximum atomic E-state index is 13.2. The molecule has 0 saturated carbocycles. The third-order valence-electron chi connectivity index (χ3n) is 4.45. The first-order valence-electron chi connectivity index (χ1n) is 9.63. The third-order valence-corrected chi connectivity index (χ3v) is 4.70. The average Bonchev–Trinajstić information content (AvgIpc) is 2.72. The maximum absolute atomic E-state index is 13.2. The lowest BCUT2D eigenvalue weighted by atomic mass is 9.98. The van der Waals surface area contributed by atoms with Gasteiger partial charge in [-0.1, -0.05) is 54.1 Å². The SMILES string of the molecule is CC(=O)Nc1cc(NC(C)=O)cc(C(=O)N[C@@H](c2ccccc2)c2ccc(Cl)cc2)c1. The molecule has 0 saturated heterocycles. The second-order valence-corrected chi connectivity index (χ2v) is 7.47. The highest BCUT2D eigenvalue weighted by Crippen LogP contribution is 2.25. The van der Waals surface area contributed by atoms with Crippen molar-refractivity contribution in [1.29, 1.82) is 0 Å². The third kappa shape index (κ3) is 6.17. The van der Waals surface area contributed by atoms with Crippen molar-refractivity contribution in [3.8, 4) is 0 Å². The number of halogens is 1. The van der Waals surface area contributed by atoms with E-state index in [2.05, 4.69) is 16.0 Å². The molecule has 0 heterocycles. The van der Waals surface area contributed by atoms with Crippen LogP contribution in [0.2, 0.25) is 5.02 Å². The van der Waals surface area contributed by atoms with E-state index < -0.39 is 6.04 Å². The smallest absolute Gasteiger partial charge is 0.252 e. The summed E-state index contributed by atoms with van der Waals surface area (Å²) < 4.78 is 0. The van der Waals surface area contributed by atoms with Crippen molar-refractivity contribution in [2.45, 2.75) is 19.9 Å². The molecule has 31 heavy (non-hydrogen) atoms. The molecule has 3 rings (SSSR count). The molecule has 6 nitrogen and oxygen atoms in total. The molecule has 0 radical (unpaired) electrons. The zero-order valence-corrected chi connectivity index (χ0v) is 17.9. The highest BCUT2D eigenvalue weighted by atomic mass is 35.5. The second-order valence-electron chi connectivity index (χ2n) is 7.03. The van der Waals surface area contributed by atoms with Gasteiger partial charge in [0.15, 0.2) is 0 Å². The molecule has 0 aliphatic heterocycles.